The molecule has 1 saturated heterocycles. The molecule has 1 aromatic carbocycles. The first-order valence-electron chi connectivity index (χ1n) is 8.30. The molecule has 0 saturated carbocycles. The van der Waals surface area contributed by atoms with Crippen LogP contribution in [0.15, 0.2) is 47.4 Å². The van der Waals surface area contributed by atoms with E-state index in [-0.39, 0.29) is 18.3 Å². The van der Waals surface area contributed by atoms with Crippen LogP contribution in [-0.2, 0) is 0 Å². The lowest BCUT2D eigenvalue weighted by Gasteiger charge is -2.13. The van der Waals surface area contributed by atoms with Gasteiger partial charge in [0.2, 0.25) is 0 Å². The molecule has 8 nitrogen and oxygen atoms in total. The van der Waals surface area contributed by atoms with Crippen molar-refractivity contribution in [1.82, 2.24) is 19.0 Å². The maximum absolute atomic E-state index is 13.2. The minimum atomic E-state index is -0.965. The molecule has 134 valence electrons. The molecule has 0 radical (unpaired) electrons. The Hall–Kier alpha value is -3.29. The Morgan fingerprint density at radius 3 is 2.69 bits per heavy atom. The second-order valence-electron chi connectivity index (χ2n) is 6.20. The smallest absolute Gasteiger partial charge is 0.407 e. The zero-order chi connectivity index (χ0) is 18.3. The van der Waals surface area contributed by atoms with E-state index in [2.05, 4.69) is 4.98 Å². The third-order valence-electron chi connectivity index (χ3n) is 4.76. The largest absolute Gasteiger partial charge is 0.497 e. The first kappa shape index (κ1) is 16.2. The standard InChI is InChI=1S/C18H18N4O4/c1-26-14-6-4-12(5-7-14)21-15-3-2-9-19-16(15)22(17(21)23)13-8-10-20(11-13)18(24)25/h2-7,9,13H,8,10-11H2,1H3,(H,24,25)/t13-/m0/s1. The first-order valence-corrected chi connectivity index (χ1v) is 8.30. The summed E-state index contributed by atoms with van der Waals surface area (Å²) >= 11 is 0. The molecule has 1 fully saturated rings. The summed E-state index contributed by atoms with van der Waals surface area (Å²) in [5.74, 6) is 0.705. The maximum Gasteiger partial charge on any atom is 0.407 e. The van der Waals surface area contributed by atoms with Gasteiger partial charge in [0.05, 0.1) is 24.4 Å². The quantitative estimate of drug-likeness (QED) is 0.778. The van der Waals surface area contributed by atoms with E-state index in [4.69, 9.17) is 4.74 Å². The van der Waals surface area contributed by atoms with Crippen LogP contribution >= 0.6 is 0 Å². The topological polar surface area (TPSA) is 89.6 Å². The normalized spacial score (nSPS) is 17.0. The zero-order valence-corrected chi connectivity index (χ0v) is 14.2. The number of amides is 1. The highest BCUT2D eigenvalue weighted by Crippen LogP contribution is 2.26. The van der Waals surface area contributed by atoms with E-state index in [0.29, 0.717) is 35.6 Å². The second-order valence-corrected chi connectivity index (χ2v) is 6.20. The molecule has 3 aromatic rings. The van der Waals surface area contributed by atoms with Crippen LogP contribution in [0.25, 0.3) is 16.9 Å². The van der Waals surface area contributed by atoms with Crippen molar-refractivity contribution in [3.63, 3.8) is 0 Å². The van der Waals surface area contributed by atoms with Crippen LogP contribution in [0.2, 0.25) is 0 Å². The van der Waals surface area contributed by atoms with Crippen LogP contribution in [0.1, 0.15) is 12.5 Å². The van der Waals surface area contributed by atoms with Crippen molar-refractivity contribution in [3.05, 3.63) is 53.1 Å². The van der Waals surface area contributed by atoms with Gasteiger partial charge in [0.15, 0.2) is 5.65 Å². The number of benzene rings is 1. The third kappa shape index (κ3) is 2.50. The van der Waals surface area contributed by atoms with Gasteiger partial charge in [0.1, 0.15) is 5.75 Å². The van der Waals surface area contributed by atoms with Crippen LogP contribution in [0, 0.1) is 0 Å². The fraction of sp³-hybridized carbons (Fsp3) is 0.278. The fourth-order valence-corrected chi connectivity index (χ4v) is 3.49. The highest BCUT2D eigenvalue weighted by molar-refractivity contribution is 5.74. The Morgan fingerprint density at radius 2 is 2.04 bits per heavy atom. The monoisotopic (exact) mass is 354 g/mol. The molecule has 1 amide bonds. The number of rotatable bonds is 3. The molecule has 0 bridgehead atoms. The van der Waals surface area contributed by atoms with Crippen molar-refractivity contribution in [3.8, 4) is 11.4 Å². The van der Waals surface area contributed by atoms with Gasteiger partial charge in [-0.05, 0) is 42.8 Å². The van der Waals surface area contributed by atoms with Crippen molar-refractivity contribution in [1.29, 1.82) is 0 Å². The molecule has 8 heteroatoms. The number of carboxylic acid groups (broad SMARTS) is 1. The van der Waals surface area contributed by atoms with Crippen molar-refractivity contribution in [2.24, 2.45) is 0 Å². The fourth-order valence-electron chi connectivity index (χ4n) is 3.49. The lowest BCUT2D eigenvalue weighted by Crippen LogP contribution is -2.31. The van der Waals surface area contributed by atoms with Crippen LogP contribution in [0.3, 0.4) is 0 Å². The van der Waals surface area contributed by atoms with Gasteiger partial charge in [-0.2, -0.15) is 0 Å². The van der Waals surface area contributed by atoms with Crippen LogP contribution < -0.4 is 10.4 Å². The van der Waals surface area contributed by atoms with Crippen LogP contribution in [-0.4, -0.2) is 50.4 Å². The van der Waals surface area contributed by atoms with Crippen molar-refractivity contribution >= 4 is 17.3 Å². The van der Waals surface area contributed by atoms with E-state index in [9.17, 15) is 14.7 Å². The highest BCUT2D eigenvalue weighted by atomic mass is 16.5. The number of nitrogens with zero attached hydrogens (tertiary/aromatic N) is 4. The van der Waals surface area contributed by atoms with Gasteiger partial charge in [-0.15, -0.1) is 0 Å². The SMILES string of the molecule is COc1ccc(-n2c(=O)n([C@H]3CCN(C(=O)O)C3)c3ncccc32)cc1. The number of pyridine rings is 1. The molecule has 0 spiro atoms. The summed E-state index contributed by atoms with van der Waals surface area (Å²) in [4.78, 5) is 30.1. The Bertz CT molecular complexity index is 1020. The number of methoxy groups -OCH3 is 1. The molecular weight excluding hydrogens is 336 g/mol. The predicted molar refractivity (Wildman–Crippen MR) is 95.1 cm³/mol. The number of carbonyl (C=O) groups is 1. The van der Waals surface area contributed by atoms with Gasteiger partial charge in [-0.3, -0.25) is 9.13 Å². The molecule has 2 aromatic heterocycles. The number of hydrogen-bond acceptors (Lipinski definition) is 4. The molecule has 0 unspecified atom stereocenters. The summed E-state index contributed by atoms with van der Waals surface area (Å²) in [5.41, 5.74) is 1.74. The molecule has 26 heavy (non-hydrogen) atoms. The number of imidazole rings is 1. The lowest BCUT2D eigenvalue weighted by atomic mass is 10.2. The van der Waals surface area contributed by atoms with Gasteiger partial charge < -0.3 is 14.7 Å². The molecule has 0 aliphatic carbocycles. The summed E-state index contributed by atoms with van der Waals surface area (Å²) in [6.45, 7) is 0.696. The number of ether oxygens (including phenoxy) is 1. The first-order chi connectivity index (χ1) is 12.6. The van der Waals surface area contributed by atoms with Crippen LogP contribution in [0.5, 0.6) is 5.75 Å². The van der Waals surface area contributed by atoms with E-state index >= 15 is 0 Å². The predicted octanol–water partition coefficient (Wildman–Crippen LogP) is 2.12. The summed E-state index contributed by atoms with van der Waals surface area (Å²) in [7, 11) is 1.59. The van der Waals surface area contributed by atoms with Crippen LogP contribution in [0.4, 0.5) is 4.79 Å². The van der Waals surface area contributed by atoms with E-state index in [1.807, 2.05) is 18.2 Å². The third-order valence-corrected chi connectivity index (χ3v) is 4.76. The highest BCUT2D eigenvalue weighted by Gasteiger charge is 2.31. The number of fused-ring (bicyclic) bond motifs is 1. The van der Waals surface area contributed by atoms with Crippen molar-refractivity contribution in [2.75, 3.05) is 20.2 Å². The summed E-state index contributed by atoms with van der Waals surface area (Å²) in [5, 5.41) is 9.20. The Kier molecular flexibility index (Phi) is 3.87. The Morgan fingerprint density at radius 1 is 1.27 bits per heavy atom. The average molecular weight is 354 g/mol. The minimum absolute atomic E-state index is 0.221. The molecule has 1 aliphatic heterocycles. The number of hydrogen-bond donors (Lipinski definition) is 1. The van der Waals surface area contributed by atoms with E-state index < -0.39 is 6.09 Å². The molecular formula is C18H18N4O4. The molecule has 1 atom stereocenters. The Labute approximate surface area is 148 Å². The van der Waals surface area contributed by atoms with E-state index in [0.717, 1.165) is 0 Å². The van der Waals surface area contributed by atoms with Gasteiger partial charge in [0.25, 0.3) is 0 Å². The number of likely N-dealkylation sites (tertiary alicyclic amines) is 1. The zero-order valence-electron chi connectivity index (χ0n) is 14.2. The molecule has 4 rings (SSSR count). The van der Waals surface area contributed by atoms with E-state index in [1.54, 1.807) is 40.6 Å². The molecule has 1 aliphatic rings. The van der Waals surface area contributed by atoms with Gasteiger partial charge >= 0.3 is 11.8 Å². The summed E-state index contributed by atoms with van der Waals surface area (Å²) in [6.07, 6.45) is 1.26. The second kappa shape index (κ2) is 6.21. The summed E-state index contributed by atoms with van der Waals surface area (Å²) < 4.78 is 8.39. The van der Waals surface area contributed by atoms with Gasteiger partial charge in [0, 0.05) is 19.3 Å². The minimum Gasteiger partial charge on any atom is -0.497 e. The molecule has 3 heterocycles. The van der Waals surface area contributed by atoms with Crippen molar-refractivity contribution in [2.45, 2.75) is 12.5 Å². The van der Waals surface area contributed by atoms with Gasteiger partial charge in [-0.1, -0.05) is 0 Å². The summed E-state index contributed by atoms with van der Waals surface area (Å²) in [6, 6.07) is 10.6. The lowest BCUT2D eigenvalue weighted by molar-refractivity contribution is 0.154. The van der Waals surface area contributed by atoms with E-state index in [1.165, 1.54) is 4.90 Å². The maximum atomic E-state index is 13.2. The van der Waals surface area contributed by atoms with Gasteiger partial charge in [-0.25, -0.2) is 14.6 Å². The average Bonchev–Trinajstić information content (AvgIpc) is 3.24. The van der Waals surface area contributed by atoms with Crippen molar-refractivity contribution < 1.29 is 14.6 Å². The number of aromatic nitrogens is 3. The molecule has 1 N–H and O–H groups in total. The Balaban J connectivity index is 1.86.